The van der Waals surface area contributed by atoms with E-state index in [0.717, 1.165) is 18.2 Å². The summed E-state index contributed by atoms with van der Waals surface area (Å²) in [4.78, 5) is 14.0. The molecule has 0 bridgehead atoms. The van der Waals surface area contributed by atoms with Gasteiger partial charge in [-0.25, -0.2) is 8.78 Å². The summed E-state index contributed by atoms with van der Waals surface area (Å²) in [6, 6.07) is 3.10. The maximum atomic E-state index is 13.8. The largest absolute Gasteiger partial charge is 0.378 e. The van der Waals surface area contributed by atoms with Crippen molar-refractivity contribution < 1.29 is 13.5 Å². The van der Waals surface area contributed by atoms with Crippen molar-refractivity contribution in [2.24, 2.45) is 0 Å². The minimum absolute atomic E-state index is 0.0148. The molecule has 1 aliphatic heterocycles. The van der Waals surface area contributed by atoms with Gasteiger partial charge in [0, 0.05) is 13.1 Å². The minimum atomic E-state index is -0.616. The lowest BCUT2D eigenvalue weighted by molar-refractivity contribution is 0.122. The first-order valence-electron chi connectivity index (χ1n) is 6.43. The van der Waals surface area contributed by atoms with E-state index in [9.17, 15) is 8.78 Å². The second kappa shape index (κ2) is 5.57. The fourth-order valence-corrected chi connectivity index (χ4v) is 2.07. The monoisotopic (exact) mass is 293 g/mol. The van der Waals surface area contributed by atoms with Crippen LogP contribution in [0.3, 0.4) is 0 Å². The lowest BCUT2D eigenvalue weighted by Crippen LogP contribution is -2.37. The Kier molecular flexibility index (Phi) is 3.61. The van der Waals surface area contributed by atoms with Crippen molar-refractivity contribution in [3.8, 4) is 11.4 Å². The van der Waals surface area contributed by atoms with Gasteiger partial charge in [-0.1, -0.05) is 0 Å². The summed E-state index contributed by atoms with van der Waals surface area (Å²) in [6.07, 6.45) is 0. The number of hydrogen-bond donors (Lipinski definition) is 1. The predicted molar refractivity (Wildman–Crippen MR) is 72.6 cm³/mol. The molecule has 1 aromatic carbocycles. The van der Waals surface area contributed by atoms with E-state index >= 15 is 0 Å². The Bertz CT molecular complexity index is 661. The Morgan fingerprint density at radius 1 is 1.10 bits per heavy atom. The number of ether oxygens (including phenoxy) is 1. The zero-order valence-electron chi connectivity index (χ0n) is 11.1. The van der Waals surface area contributed by atoms with Crippen molar-refractivity contribution >= 4 is 11.9 Å². The summed E-state index contributed by atoms with van der Waals surface area (Å²) in [5, 5.41) is 0. The van der Waals surface area contributed by atoms with Gasteiger partial charge in [-0.15, -0.1) is 0 Å². The number of benzene rings is 1. The SMILES string of the molecule is Nc1nc(-c2cc(F)ccc2F)nc(N2CCOCC2)n1. The van der Waals surface area contributed by atoms with Crippen LogP contribution < -0.4 is 10.6 Å². The van der Waals surface area contributed by atoms with Crippen LogP contribution in [0.2, 0.25) is 0 Å². The molecular weight excluding hydrogens is 280 g/mol. The van der Waals surface area contributed by atoms with Crippen molar-refractivity contribution in [1.82, 2.24) is 15.0 Å². The van der Waals surface area contributed by atoms with Gasteiger partial charge in [0.05, 0.1) is 18.8 Å². The zero-order chi connectivity index (χ0) is 14.8. The average molecular weight is 293 g/mol. The van der Waals surface area contributed by atoms with Gasteiger partial charge in [-0.05, 0) is 18.2 Å². The molecule has 1 saturated heterocycles. The Labute approximate surface area is 119 Å². The lowest BCUT2D eigenvalue weighted by atomic mass is 10.2. The number of anilines is 2. The number of morpholine rings is 1. The normalized spacial score (nSPS) is 15.2. The number of aromatic nitrogens is 3. The summed E-state index contributed by atoms with van der Waals surface area (Å²) in [5.41, 5.74) is 5.61. The Morgan fingerprint density at radius 2 is 1.86 bits per heavy atom. The molecule has 0 spiro atoms. The van der Waals surface area contributed by atoms with Crippen molar-refractivity contribution in [3.63, 3.8) is 0 Å². The third kappa shape index (κ3) is 2.89. The fourth-order valence-electron chi connectivity index (χ4n) is 2.07. The average Bonchev–Trinajstić information content (AvgIpc) is 2.50. The van der Waals surface area contributed by atoms with Crippen LogP contribution in [0.4, 0.5) is 20.7 Å². The molecule has 0 unspecified atom stereocenters. The molecule has 1 aliphatic rings. The third-order valence-electron chi connectivity index (χ3n) is 3.10. The molecule has 3 rings (SSSR count). The van der Waals surface area contributed by atoms with E-state index in [1.54, 1.807) is 0 Å². The number of nitrogen functional groups attached to an aromatic ring is 1. The molecule has 0 amide bonds. The van der Waals surface area contributed by atoms with Gasteiger partial charge in [0.1, 0.15) is 11.6 Å². The summed E-state index contributed by atoms with van der Waals surface area (Å²) < 4.78 is 32.4. The first-order valence-corrected chi connectivity index (χ1v) is 6.43. The molecule has 8 heteroatoms. The molecule has 21 heavy (non-hydrogen) atoms. The van der Waals surface area contributed by atoms with E-state index < -0.39 is 11.6 Å². The van der Waals surface area contributed by atoms with Gasteiger partial charge in [-0.2, -0.15) is 15.0 Å². The van der Waals surface area contributed by atoms with Crippen LogP contribution >= 0.6 is 0 Å². The molecule has 2 heterocycles. The molecular formula is C13H13F2N5O. The number of nitrogens with zero attached hydrogens (tertiary/aromatic N) is 4. The molecule has 0 radical (unpaired) electrons. The summed E-state index contributed by atoms with van der Waals surface area (Å²) in [6.45, 7) is 2.31. The van der Waals surface area contributed by atoms with E-state index in [-0.39, 0.29) is 17.3 Å². The van der Waals surface area contributed by atoms with Gasteiger partial charge < -0.3 is 15.4 Å². The molecule has 1 aromatic heterocycles. The van der Waals surface area contributed by atoms with Gasteiger partial charge >= 0.3 is 0 Å². The van der Waals surface area contributed by atoms with Crippen molar-refractivity contribution in [3.05, 3.63) is 29.8 Å². The maximum Gasteiger partial charge on any atom is 0.230 e. The minimum Gasteiger partial charge on any atom is -0.378 e. The van der Waals surface area contributed by atoms with Gasteiger partial charge in [0.15, 0.2) is 5.82 Å². The Balaban J connectivity index is 2.02. The van der Waals surface area contributed by atoms with Crippen LogP contribution in [0.1, 0.15) is 0 Å². The highest BCUT2D eigenvalue weighted by molar-refractivity contribution is 5.58. The van der Waals surface area contributed by atoms with Crippen LogP contribution in [0.25, 0.3) is 11.4 Å². The van der Waals surface area contributed by atoms with Crippen LogP contribution in [-0.2, 0) is 4.74 Å². The quantitative estimate of drug-likeness (QED) is 0.897. The predicted octanol–water partition coefficient (Wildman–Crippen LogP) is 1.24. The molecule has 0 saturated carbocycles. The topological polar surface area (TPSA) is 77.2 Å². The number of hydrogen-bond acceptors (Lipinski definition) is 6. The van der Waals surface area contributed by atoms with Gasteiger partial charge in [-0.3, -0.25) is 0 Å². The number of rotatable bonds is 2. The molecule has 110 valence electrons. The van der Waals surface area contributed by atoms with E-state index in [0.29, 0.717) is 32.3 Å². The highest BCUT2D eigenvalue weighted by Crippen LogP contribution is 2.23. The lowest BCUT2D eigenvalue weighted by Gasteiger charge is -2.26. The molecule has 0 aliphatic carbocycles. The summed E-state index contributed by atoms with van der Waals surface area (Å²) >= 11 is 0. The first-order chi connectivity index (χ1) is 10.1. The van der Waals surface area contributed by atoms with Crippen LogP contribution in [0.15, 0.2) is 18.2 Å². The number of halogens is 2. The van der Waals surface area contributed by atoms with E-state index in [2.05, 4.69) is 15.0 Å². The smallest absolute Gasteiger partial charge is 0.230 e. The third-order valence-corrected chi connectivity index (χ3v) is 3.10. The van der Waals surface area contributed by atoms with Crippen molar-refractivity contribution in [2.75, 3.05) is 36.9 Å². The van der Waals surface area contributed by atoms with E-state index in [1.807, 2.05) is 4.90 Å². The molecule has 2 aromatic rings. The highest BCUT2D eigenvalue weighted by atomic mass is 19.1. The second-order valence-corrected chi connectivity index (χ2v) is 4.54. The Hall–Kier alpha value is -2.35. The van der Waals surface area contributed by atoms with Gasteiger partial charge in [0.25, 0.3) is 0 Å². The Morgan fingerprint density at radius 3 is 2.62 bits per heavy atom. The second-order valence-electron chi connectivity index (χ2n) is 4.54. The zero-order valence-corrected chi connectivity index (χ0v) is 11.1. The van der Waals surface area contributed by atoms with Crippen molar-refractivity contribution in [1.29, 1.82) is 0 Å². The van der Waals surface area contributed by atoms with Crippen LogP contribution in [-0.4, -0.2) is 41.3 Å². The molecule has 6 nitrogen and oxygen atoms in total. The number of nitrogens with two attached hydrogens (primary N) is 1. The van der Waals surface area contributed by atoms with Gasteiger partial charge in [0.2, 0.25) is 11.9 Å². The molecule has 2 N–H and O–H groups in total. The maximum absolute atomic E-state index is 13.8. The van der Waals surface area contributed by atoms with Crippen LogP contribution in [0, 0.1) is 11.6 Å². The summed E-state index contributed by atoms with van der Waals surface area (Å²) in [5.74, 6) is -0.871. The molecule has 1 fully saturated rings. The van der Waals surface area contributed by atoms with Crippen molar-refractivity contribution in [2.45, 2.75) is 0 Å². The molecule has 0 atom stereocenters. The highest BCUT2D eigenvalue weighted by Gasteiger charge is 2.18. The first kappa shape index (κ1) is 13.6. The standard InChI is InChI=1S/C13H13F2N5O/c14-8-1-2-10(15)9(7-8)11-17-12(16)19-13(18-11)20-3-5-21-6-4-20/h1-2,7H,3-6H2,(H2,16,17,18,19). The fraction of sp³-hybridized carbons (Fsp3) is 0.308. The summed E-state index contributed by atoms with van der Waals surface area (Å²) in [7, 11) is 0. The van der Waals surface area contributed by atoms with E-state index in [1.165, 1.54) is 0 Å². The van der Waals surface area contributed by atoms with E-state index in [4.69, 9.17) is 10.5 Å². The van der Waals surface area contributed by atoms with Crippen LogP contribution in [0.5, 0.6) is 0 Å².